The van der Waals surface area contributed by atoms with Gasteiger partial charge in [-0.1, -0.05) is 13.8 Å². The van der Waals surface area contributed by atoms with Gasteiger partial charge in [0.05, 0.1) is 0 Å². The van der Waals surface area contributed by atoms with E-state index in [0.29, 0.717) is 5.82 Å². The van der Waals surface area contributed by atoms with Crippen LogP contribution in [0, 0.1) is 0 Å². The highest BCUT2D eigenvalue weighted by molar-refractivity contribution is 7.89. The molecule has 1 aromatic heterocycles. The highest BCUT2D eigenvalue weighted by atomic mass is 32.2. The molecule has 0 aromatic carbocycles. The number of hydrogen-bond acceptors (Lipinski definition) is 4. The lowest BCUT2D eigenvalue weighted by Crippen LogP contribution is -2.12. The van der Waals surface area contributed by atoms with Crippen LogP contribution in [-0.2, 0) is 21.4 Å². The molecule has 90 valence electrons. The number of carbonyl (C=O) groups is 1. The Balaban J connectivity index is 3.26. The smallest absolute Gasteiger partial charge is 0.323 e. The lowest BCUT2D eigenvalue weighted by atomic mass is 10.2. The van der Waals surface area contributed by atoms with E-state index in [2.05, 4.69) is 4.98 Å². The van der Waals surface area contributed by atoms with E-state index in [1.807, 2.05) is 0 Å². The van der Waals surface area contributed by atoms with E-state index >= 15 is 0 Å². The second-order valence-electron chi connectivity index (χ2n) is 3.66. The van der Waals surface area contributed by atoms with Gasteiger partial charge < -0.3 is 9.67 Å². The molecular formula is C8H13N3O4S. The normalized spacial score (nSPS) is 12.0. The van der Waals surface area contributed by atoms with Crippen molar-refractivity contribution in [2.24, 2.45) is 5.14 Å². The number of primary sulfonamides is 1. The van der Waals surface area contributed by atoms with Crippen molar-refractivity contribution in [1.82, 2.24) is 9.55 Å². The summed E-state index contributed by atoms with van der Waals surface area (Å²) in [6.45, 7) is 3.23. The van der Waals surface area contributed by atoms with Crippen molar-refractivity contribution >= 4 is 16.0 Å². The molecule has 0 fully saturated rings. The lowest BCUT2D eigenvalue weighted by molar-refractivity contribution is -0.137. The van der Waals surface area contributed by atoms with Crippen LogP contribution in [0.3, 0.4) is 0 Å². The number of imidazole rings is 1. The van der Waals surface area contributed by atoms with Crippen LogP contribution < -0.4 is 5.14 Å². The van der Waals surface area contributed by atoms with Crippen molar-refractivity contribution in [2.45, 2.75) is 31.3 Å². The first-order valence-corrected chi connectivity index (χ1v) is 6.08. The van der Waals surface area contributed by atoms with Crippen LogP contribution in [0.25, 0.3) is 0 Å². The van der Waals surface area contributed by atoms with Gasteiger partial charge >= 0.3 is 5.97 Å². The predicted molar refractivity (Wildman–Crippen MR) is 55.3 cm³/mol. The summed E-state index contributed by atoms with van der Waals surface area (Å²) in [7, 11) is -3.90. The molecule has 0 aliphatic rings. The van der Waals surface area contributed by atoms with Crippen LogP contribution in [-0.4, -0.2) is 29.0 Å². The summed E-state index contributed by atoms with van der Waals surface area (Å²) in [5.41, 5.74) is 0. The molecule has 0 aliphatic carbocycles. The molecule has 0 amide bonds. The Hall–Kier alpha value is -1.41. The minimum absolute atomic E-state index is 0.0881. The minimum Gasteiger partial charge on any atom is -0.480 e. The lowest BCUT2D eigenvalue weighted by Gasteiger charge is -2.06. The van der Waals surface area contributed by atoms with Crippen LogP contribution in [0.2, 0.25) is 0 Å². The van der Waals surface area contributed by atoms with Crippen LogP contribution in [0.15, 0.2) is 11.2 Å². The monoisotopic (exact) mass is 247 g/mol. The molecule has 0 unspecified atom stereocenters. The number of hydrogen-bond donors (Lipinski definition) is 2. The Kier molecular flexibility index (Phi) is 3.34. The molecule has 0 radical (unpaired) electrons. The molecule has 0 saturated carbocycles. The summed E-state index contributed by atoms with van der Waals surface area (Å²) in [6.07, 6.45) is 1.14. The molecule has 16 heavy (non-hydrogen) atoms. The van der Waals surface area contributed by atoms with E-state index in [9.17, 15) is 13.2 Å². The molecule has 1 rings (SSSR count). The van der Waals surface area contributed by atoms with Crippen molar-refractivity contribution in [1.29, 1.82) is 0 Å². The summed E-state index contributed by atoms with van der Waals surface area (Å²) in [5, 5.41) is 13.3. The first-order valence-electron chi connectivity index (χ1n) is 4.53. The molecule has 0 aliphatic heterocycles. The molecule has 7 nitrogen and oxygen atoms in total. The number of aliphatic carboxylic acids is 1. The van der Waals surface area contributed by atoms with Crippen molar-refractivity contribution < 1.29 is 18.3 Å². The third-order valence-corrected chi connectivity index (χ3v) is 2.68. The zero-order valence-corrected chi connectivity index (χ0v) is 9.73. The average Bonchev–Trinajstić information content (AvgIpc) is 2.45. The van der Waals surface area contributed by atoms with Gasteiger partial charge in [0.1, 0.15) is 12.4 Å². The number of carboxylic acids is 1. The predicted octanol–water partition coefficient (Wildman–Crippen LogP) is -0.262. The number of rotatable bonds is 4. The van der Waals surface area contributed by atoms with Crippen LogP contribution in [0.1, 0.15) is 25.6 Å². The molecule has 0 bridgehead atoms. The number of carboxylic acid groups (broad SMARTS) is 1. The maximum atomic E-state index is 11.1. The first kappa shape index (κ1) is 12.7. The fourth-order valence-corrected chi connectivity index (χ4v) is 1.77. The zero-order chi connectivity index (χ0) is 12.5. The highest BCUT2D eigenvalue weighted by Crippen LogP contribution is 2.16. The topological polar surface area (TPSA) is 115 Å². The van der Waals surface area contributed by atoms with Gasteiger partial charge in [-0.15, -0.1) is 0 Å². The van der Waals surface area contributed by atoms with Gasteiger partial charge in [-0.25, -0.2) is 18.5 Å². The van der Waals surface area contributed by atoms with Gasteiger partial charge in [-0.05, 0) is 0 Å². The summed E-state index contributed by atoms with van der Waals surface area (Å²) < 4.78 is 23.4. The van der Waals surface area contributed by atoms with E-state index < -0.39 is 16.0 Å². The molecule has 0 atom stereocenters. The number of sulfonamides is 1. The van der Waals surface area contributed by atoms with E-state index in [1.54, 1.807) is 13.8 Å². The van der Waals surface area contributed by atoms with E-state index in [0.717, 1.165) is 6.20 Å². The molecule has 0 spiro atoms. The molecular weight excluding hydrogens is 234 g/mol. The number of nitrogens with zero attached hydrogens (tertiary/aromatic N) is 2. The second kappa shape index (κ2) is 4.22. The maximum absolute atomic E-state index is 11.1. The maximum Gasteiger partial charge on any atom is 0.323 e. The molecule has 1 aromatic rings. The van der Waals surface area contributed by atoms with Crippen LogP contribution >= 0.6 is 0 Å². The van der Waals surface area contributed by atoms with Crippen molar-refractivity contribution in [3.8, 4) is 0 Å². The molecule has 3 N–H and O–H groups in total. The van der Waals surface area contributed by atoms with E-state index in [1.165, 1.54) is 4.57 Å². The first-order chi connectivity index (χ1) is 7.21. The van der Waals surface area contributed by atoms with Gasteiger partial charge in [0.2, 0.25) is 0 Å². The fraction of sp³-hybridized carbons (Fsp3) is 0.500. The summed E-state index contributed by atoms with van der Waals surface area (Å²) in [4.78, 5) is 14.4. The van der Waals surface area contributed by atoms with Gasteiger partial charge in [-0.3, -0.25) is 4.79 Å². The Morgan fingerprint density at radius 1 is 1.62 bits per heavy atom. The fourth-order valence-electron chi connectivity index (χ4n) is 1.28. The van der Waals surface area contributed by atoms with Crippen molar-refractivity contribution in [3.63, 3.8) is 0 Å². The molecule has 8 heteroatoms. The molecule has 1 heterocycles. The van der Waals surface area contributed by atoms with Crippen molar-refractivity contribution in [2.75, 3.05) is 0 Å². The number of aromatic nitrogens is 2. The van der Waals surface area contributed by atoms with E-state index in [4.69, 9.17) is 10.2 Å². The third kappa shape index (κ3) is 2.80. The number of nitrogens with two attached hydrogens (primary N) is 1. The Morgan fingerprint density at radius 3 is 2.56 bits per heavy atom. The van der Waals surface area contributed by atoms with Gasteiger partial charge in [-0.2, -0.15) is 0 Å². The third-order valence-electron chi connectivity index (χ3n) is 1.90. The molecule has 0 saturated heterocycles. The highest BCUT2D eigenvalue weighted by Gasteiger charge is 2.19. The minimum atomic E-state index is -3.90. The Morgan fingerprint density at radius 2 is 2.19 bits per heavy atom. The largest absolute Gasteiger partial charge is 0.480 e. The van der Waals surface area contributed by atoms with E-state index in [-0.39, 0.29) is 17.5 Å². The second-order valence-corrected chi connectivity index (χ2v) is 5.17. The zero-order valence-electron chi connectivity index (χ0n) is 8.91. The standard InChI is InChI=1S/C8H13N3O4S/c1-5(2)8-10-6(16(9,14)15)3-11(8)4-7(12)13/h3,5H,4H2,1-2H3,(H,12,13)(H2,9,14,15). The quantitative estimate of drug-likeness (QED) is 0.760. The van der Waals surface area contributed by atoms with Crippen molar-refractivity contribution in [3.05, 3.63) is 12.0 Å². The van der Waals surface area contributed by atoms with Gasteiger partial charge in [0.25, 0.3) is 10.0 Å². The summed E-state index contributed by atoms with van der Waals surface area (Å²) in [6, 6.07) is 0. The SMILES string of the molecule is CC(C)c1nc(S(N)(=O)=O)cn1CC(=O)O. The van der Waals surface area contributed by atoms with Gasteiger partial charge in [0, 0.05) is 12.1 Å². The summed E-state index contributed by atoms with van der Waals surface area (Å²) in [5.74, 6) is -0.776. The van der Waals surface area contributed by atoms with Crippen LogP contribution in [0.4, 0.5) is 0 Å². The van der Waals surface area contributed by atoms with Crippen LogP contribution in [0.5, 0.6) is 0 Å². The Bertz CT molecular complexity index is 503. The Labute approximate surface area is 93.0 Å². The summed E-state index contributed by atoms with van der Waals surface area (Å²) >= 11 is 0. The van der Waals surface area contributed by atoms with Gasteiger partial charge in [0.15, 0.2) is 5.03 Å². The average molecular weight is 247 g/mol.